The molecule has 2 rings (SSSR count). The van der Waals surface area contributed by atoms with Crippen LogP contribution in [0.5, 0.6) is 0 Å². The zero-order valence-corrected chi connectivity index (χ0v) is 13.3. The molecule has 1 nitrogen and oxygen atoms in total. The molecule has 2 aromatic carbocycles. The molecule has 0 aliphatic heterocycles. The molecule has 0 N–H and O–H groups in total. The van der Waals surface area contributed by atoms with E-state index in [0.717, 1.165) is 4.90 Å². The van der Waals surface area contributed by atoms with Gasteiger partial charge in [-0.2, -0.15) is 0 Å². The van der Waals surface area contributed by atoms with Gasteiger partial charge in [-0.05, 0) is 13.8 Å². The number of anilines is 1. The lowest BCUT2D eigenvalue weighted by Gasteiger charge is -2.26. The summed E-state index contributed by atoms with van der Waals surface area (Å²) < 4.78 is 124. The van der Waals surface area contributed by atoms with Gasteiger partial charge in [-0.25, -0.2) is 39.5 Å². The van der Waals surface area contributed by atoms with E-state index in [4.69, 9.17) is 0 Å². The molecule has 0 aromatic heterocycles. The summed E-state index contributed by atoms with van der Waals surface area (Å²) in [5, 5.41) is 0. The fourth-order valence-electron chi connectivity index (χ4n) is 2.51. The van der Waals surface area contributed by atoms with Crippen molar-refractivity contribution >= 4 is 5.69 Å². The Morgan fingerprint density at radius 1 is 0.462 bits per heavy atom. The molecule has 0 saturated carbocycles. The maximum Gasteiger partial charge on any atom is 0.200 e. The largest absolute Gasteiger partial charge is 0.369 e. The summed E-state index contributed by atoms with van der Waals surface area (Å²) in [4.78, 5) is 0.842. The van der Waals surface area contributed by atoms with E-state index in [1.165, 1.54) is 13.8 Å². The van der Waals surface area contributed by atoms with Crippen LogP contribution in [0, 0.1) is 52.4 Å². The van der Waals surface area contributed by atoms with Crippen molar-refractivity contribution in [3.8, 4) is 11.1 Å². The maximum atomic E-state index is 14.3. The molecular weight excluding hydrogens is 377 g/mol. The fraction of sp³-hybridized carbons (Fsp3) is 0.250. The highest BCUT2D eigenvalue weighted by Crippen LogP contribution is 2.42. The second kappa shape index (κ2) is 7.08. The van der Waals surface area contributed by atoms with Gasteiger partial charge in [0.25, 0.3) is 0 Å². The molecule has 0 fully saturated rings. The molecule has 0 atom stereocenters. The summed E-state index contributed by atoms with van der Waals surface area (Å²) in [7, 11) is 0. The lowest BCUT2D eigenvalue weighted by molar-refractivity contribution is 0.379. The van der Waals surface area contributed by atoms with Gasteiger partial charge >= 0.3 is 0 Å². The van der Waals surface area contributed by atoms with Gasteiger partial charge in [0.05, 0.1) is 16.8 Å². The molecule has 0 aliphatic carbocycles. The van der Waals surface area contributed by atoms with Crippen LogP contribution in [0.1, 0.15) is 13.8 Å². The number of hydrogen-bond acceptors (Lipinski definition) is 1. The van der Waals surface area contributed by atoms with Crippen molar-refractivity contribution in [1.29, 1.82) is 0 Å². The third-order valence-corrected chi connectivity index (χ3v) is 3.78. The Morgan fingerprint density at radius 2 is 0.769 bits per heavy atom. The molecule has 0 heterocycles. The highest BCUT2D eigenvalue weighted by Gasteiger charge is 2.35. The second-order valence-corrected chi connectivity index (χ2v) is 5.10. The van der Waals surface area contributed by atoms with Crippen molar-refractivity contribution in [2.24, 2.45) is 0 Å². The summed E-state index contributed by atoms with van der Waals surface area (Å²) in [6.07, 6.45) is 0. The minimum absolute atomic E-state index is 0.166. The lowest BCUT2D eigenvalue weighted by atomic mass is 9.98. The Kier molecular flexibility index (Phi) is 5.43. The highest BCUT2D eigenvalue weighted by atomic mass is 19.2. The normalized spacial score (nSPS) is 11.2. The van der Waals surface area contributed by atoms with E-state index in [9.17, 15) is 39.5 Å². The van der Waals surface area contributed by atoms with Gasteiger partial charge in [0, 0.05) is 13.1 Å². The van der Waals surface area contributed by atoms with E-state index < -0.39 is 69.2 Å². The van der Waals surface area contributed by atoms with E-state index in [1.807, 2.05) is 0 Å². The van der Waals surface area contributed by atoms with Crippen molar-refractivity contribution < 1.29 is 39.5 Å². The fourth-order valence-corrected chi connectivity index (χ4v) is 2.51. The molecule has 0 bridgehead atoms. The zero-order valence-electron chi connectivity index (χ0n) is 13.3. The monoisotopic (exact) mass is 387 g/mol. The molecule has 142 valence electrons. The maximum absolute atomic E-state index is 14.3. The minimum Gasteiger partial charge on any atom is -0.369 e. The van der Waals surface area contributed by atoms with Gasteiger partial charge in [0.2, 0.25) is 5.82 Å². The zero-order chi connectivity index (χ0) is 19.9. The van der Waals surface area contributed by atoms with Crippen molar-refractivity contribution in [3.63, 3.8) is 0 Å². The van der Waals surface area contributed by atoms with Gasteiger partial charge in [0.1, 0.15) is 0 Å². The van der Waals surface area contributed by atoms with Gasteiger partial charge in [-0.15, -0.1) is 0 Å². The van der Waals surface area contributed by atoms with E-state index in [0.29, 0.717) is 0 Å². The SMILES string of the molecule is CCN(CC)c1c(F)c(F)c(F)c(F)c1-c1c(F)c(F)c(F)c(F)c1F. The van der Waals surface area contributed by atoms with Crippen molar-refractivity contribution in [3.05, 3.63) is 52.4 Å². The van der Waals surface area contributed by atoms with Crippen molar-refractivity contribution in [2.75, 3.05) is 18.0 Å². The Balaban J connectivity index is 3.09. The number of rotatable bonds is 4. The van der Waals surface area contributed by atoms with Crippen LogP contribution in [0.25, 0.3) is 11.1 Å². The smallest absolute Gasteiger partial charge is 0.200 e. The molecule has 0 unspecified atom stereocenters. The van der Waals surface area contributed by atoms with Gasteiger partial charge in [-0.3, -0.25) is 0 Å². The van der Waals surface area contributed by atoms with Crippen LogP contribution < -0.4 is 4.90 Å². The minimum atomic E-state index is -2.53. The number of nitrogens with zero attached hydrogens (tertiary/aromatic N) is 1. The van der Waals surface area contributed by atoms with Crippen LogP contribution in [0.4, 0.5) is 45.2 Å². The van der Waals surface area contributed by atoms with Gasteiger partial charge in [0.15, 0.2) is 46.5 Å². The Hall–Kier alpha value is -2.39. The summed E-state index contributed by atoms with van der Waals surface area (Å²) >= 11 is 0. The first-order valence-corrected chi connectivity index (χ1v) is 7.22. The van der Waals surface area contributed by atoms with Crippen LogP contribution in [0.2, 0.25) is 0 Å². The Labute approximate surface area is 141 Å². The highest BCUT2D eigenvalue weighted by molar-refractivity contribution is 5.81. The lowest BCUT2D eigenvalue weighted by Crippen LogP contribution is -2.26. The number of benzene rings is 2. The first-order valence-electron chi connectivity index (χ1n) is 7.22. The van der Waals surface area contributed by atoms with E-state index in [2.05, 4.69) is 0 Å². The quantitative estimate of drug-likeness (QED) is 0.383. The molecule has 2 aromatic rings. The Bertz CT molecular complexity index is 846. The summed E-state index contributed by atoms with van der Waals surface area (Å²) in [5.74, 6) is -21.4. The standard InChI is InChI=1S/C16H10F9N/c1-3-26(4-2)16-6(9(19)12(22)14(24)15(16)25)5-7(17)10(20)13(23)11(21)8(5)18/h3-4H2,1-2H3. The van der Waals surface area contributed by atoms with Crippen LogP contribution in [-0.4, -0.2) is 13.1 Å². The first-order chi connectivity index (χ1) is 12.1. The average Bonchev–Trinajstić information content (AvgIpc) is 2.63. The second-order valence-electron chi connectivity index (χ2n) is 5.10. The van der Waals surface area contributed by atoms with Crippen molar-refractivity contribution in [1.82, 2.24) is 0 Å². The van der Waals surface area contributed by atoms with E-state index in [-0.39, 0.29) is 13.1 Å². The third-order valence-electron chi connectivity index (χ3n) is 3.78. The topological polar surface area (TPSA) is 3.24 Å². The molecule has 0 amide bonds. The van der Waals surface area contributed by atoms with Crippen LogP contribution in [0.3, 0.4) is 0 Å². The molecule has 0 radical (unpaired) electrons. The van der Waals surface area contributed by atoms with Crippen LogP contribution >= 0.6 is 0 Å². The van der Waals surface area contributed by atoms with Gasteiger partial charge < -0.3 is 4.90 Å². The first kappa shape index (κ1) is 19.9. The summed E-state index contributed by atoms with van der Waals surface area (Å²) in [5.41, 5.74) is -4.65. The van der Waals surface area contributed by atoms with Gasteiger partial charge in [-0.1, -0.05) is 0 Å². The molecule has 10 heteroatoms. The number of halogens is 9. The predicted molar refractivity (Wildman–Crippen MR) is 75.1 cm³/mol. The third kappa shape index (κ3) is 2.77. The van der Waals surface area contributed by atoms with Crippen molar-refractivity contribution in [2.45, 2.75) is 13.8 Å². The molecular formula is C16H10F9N. The van der Waals surface area contributed by atoms with Crippen LogP contribution in [-0.2, 0) is 0 Å². The van der Waals surface area contributed by atoms with Crippen LogP contribution in [0.15, 0.2) is 0 Å². The van der Waals surface area contributed by atoms with E-state index >= 15 is 0 Å². The summed E-state index contributed by atoms with van der Waals surface area (Å²) in [6.45, 7) is 2.40. The summed E-state index contributed by atoms with van der Waals surface area (Å²) in [6, 6.07) is 0. The average molecular weight is 387 g/mol. The molecule has 0 saturated heterocycles. The number of hydrogen-bond donors (Lipinski definition) is 0. The Morgan fingerprint density at radius 3 is 1.15 bits per heavy atom. The molecule has 0 aliphatic rings. The molecule has 26 heavy (non-hydrogen) atoms. The molecule has 0 spiro atoms. The van der Waals surface area contributed by atoms with E-state index in [1.54, 1.807) is 0 Å². The predicted octanol–water partition coefficient (Wildman–Crippen LogP) is 5.45.